The second-order valence-electron chi connectivity index (χ2n) is 11.0. The van der Waals surface area contributed by atoms with E-state index in [1.54, 1.807) is 70.3 Å². The van der Waals surface area contributed by atoms with Crippen LogP contribution >= 0.6 is 0 Å². The molecule has 0 radical (unpaired) electrons. The van der Waals surface area contributed by atoms with Gasteiger partial charge in [-0.15, -0.1) is 0 Å². The molecule has 5 atom stereocenters. The van der Waals surface area contributed by atoms with E-state index >= 15 is 8.78 Å². The van der Waals surface area contributed by atoms with Gasteiger partial charge in [0.2, 0.25) is 10.0 Å². The van der Waals surface area contributed by atoms with E-state index in [9.17, 15) is 18.5 Å². The van der Waals surface area contributed by atoms with Gasteiger partial charge in [0.05, 0.1) is 28.6 Å². The Morgan fingerprint density at radius 3 is 2.50 bits per heavy atom. The Morgan fingerprint density at radius 1 is 1.21 bits per heavy atom. The molecule has 2 heterocycles. The quantitative estimate of drug-likeness (QED) is 0.479. The molecule has 1 aromatic carbocycles. The standard InChI is InChI=1S/C28H31F2N3O4S/c1-17-22(13-12-21-11-10-20(16-32-21)23-9-7-6-8-19(23)15-31)25-18(2)33(26(34)37-27(3,4)5)38(35,36)24(25)14-28(17,29)30/h6-13,16-18,22,24-25H,14H2,1-5H3/b13-12+. The molecule has 1 aliphatic carbocycles. The van der Waals surface area contributed by atoms with E-state index < -0.39 is 63.1 Å². The van der Waals surface area contributed by atoms with Crippen molar-refractivity contribution in [2.45, 2.75) is 63.9 Å². The van der Waals surface area contributed by atoms with Crippen molar-refractivity contribution >= 4 is 22.2 Å². The zero-order chi connectivity index (χ0) is 28.0. The van der Waals surface area contributed by atoms with Crippen LogP contribution in [0.2, 0.25) is 0 Å². The highest BCUT2D eigenvalue weighted by atomic mass is 32.2. The number of amides is 1. The summed E-state index contributed by atoms with van der Waals surface area (Å²) in [4.78, 5) is 17.2. The van der Waals surface area contributed by atoms with Gasteiger partial charge in [-0.2, -0.15) is 5.26 Å². The third-order valence-electron chi connectivity index (χ3n) is 7.38. The number of pyridine rings is 1. The van der Waals surface area contributed by atoms with Crippen molar-refractivity contribution in [3.63, 3.8) is 0 Å². The molecule has 1 aromatic heterocycles. The largest absolute Gasteiger partial charge is 0.443 e. The second-order valence-corrected chi connectivity index (χ2v) is 13.0. The molecule has 0 bridgehead atoms. The summed E-state index contributed by atoms with van der Waals surface area (Å²) in [5.41, 5.74) is 1.53. The van der Waals surface area contributed by atoms with Gasteiger partial charge in [-0.25, -0.2) is 26.3 Å². The number of rotatable bonds is 3. The Balaban J connectivity index is 1.65. The summed E-state index contributed by atoms with van der Waals surface area (Å²) in [7, 11) is -4.36. The minimum atomic E-state index is -4.36. The number of aromatic nitrogens is 1. The van der Waals surface area contributed by atoms with Gasteiger partial charge in [-0.1, -0.05) is 37.3 Å². The van der Waals surface area contributed by atoms with Gasteiger partial charge in [0.15, 0.2) is 0 Å². The first kappa shape index (κ1) is 27.7. The van der Waals surface area contributed by atoms with Crippen LogP contribution in [0.3, 0.4) is 0 Å². The molecule has 38 heavy (non-hydrogen) atoms. The predicted octanol–water partition coefficient (Wildman–Crippen LogP) is 5.88. The molecule has 2 aliphatic rings. The molecule has 1 saturated heterocycles. The van der Waals surface area contributed by atoms with E-state index in [1.165, 1.54) is 6.92 Å². The number of benzene rings is 1. The van der Waals surface area contributed by atoms with Crippen LogP contribution in [0.4, 0.5) is 13.6 Å². The fraction of sp³-hybridized carbons (Fsp3) is 0.464. The van der Waals surface area contributed by atoms with Crippen LogP contribution in [0.15, 0.2) is 48.7 Å². The average Bonchev–Trinajstić information content (AvgIpc) is 3.02. The first-order valence-electron chi connectivity index (χ1n) is 12.4. The molecule has 202 valence electrons. The summed E-state index contributed by atoms with van der Waals surface area (Å²) < 4.78 is 62.9. The summed E-state index contributed by atoms with van der Waals surface area (Å²) >= 11 is 0. The van der Waals surface area contributed by atoms with Gasteiger partial charge in [-0.3, -0.25) is 4.98 Å². The van der Waals surface area contributed by atoms with Crippen molar-refractivity contribution in [3.05, 3.63) is 59.9 Å². The molecule has 0 N–H and O–H groups in total. The van der Waals surface area contributed by atoms with Crippen LogP contribution in [-0.4, -0.2) is 46.6 Å². The lowest BCUT2D eigenvalue weighted by atomic mass is 9.68. The number of nitrogens with zero attached hydrogens (tertiary/aromatic N) is 3. The Labute approximate surface area is 222 Å². The number of ether oxygens (including phenoxy) is 1. The third kappa shape index (κ3) is 5.04. The number of alkyl halides is 2. The molecule has 4 rings (SSSR count). The smallest absolute Gasteiger partial charge is 0.424 e. The van der Waals surface area contributed by atoms with Crippen molar-refractivity contribution in [2.24, 2.45) is 17.8 Å². The maximum Gasteiger partial charge on any atom is 0.424 e. The Bertz CT molecular complexity index is 1390. The number of carbonyl (C=O) groups excluding carboxylic acids is 1. The number of hydrogen-bond acceptors (Lipinski definition) is 6. The molecule has 1 aliphatic heterocycles. The molecule has 2 aromatic rings. The fourth-order valence-corrected chi connectivity index (χ4v) is 7.88. The van der Waals surface area contributed by atoms with Crippen LogP contribution in [0, 0.1) is 29.1 Å². The van der Waals surface area contributed by atoms with E-state index in [2.05, 4.69) is 11.1 Å². The summed E-state index contributed by atoms with van der Waals surface area (Å²) in [5, 5.41) is 7.94. The molecule has 7 nitrogen and oxygen atoms in total. The third-order valence-corrected chi connectivity index (χ3v) is 9.66. The molecule has 1 saturated carbocycles. The second kappa shape index (κ2) is 9.77. The van der Waals surface area contributed by atoms with Crippen LogP contribution in [-0.2, 0) is 14.8 Å². The zero-order valence-corrected chi connectivity index (χ0v) is 22.7. The Morgan fingerprint density at radius 2 is 1.89 bits per heavy atom. The predicted molar refractivity (Wildman–Crippen MR) is 139 cm³/mol. The van der Waals surface area contributed by atoms with Crippen molar-refractivity contribution in [1.29, 1.82) is 5.26 Å². The Kier molecular flexibility index (Phi) is 7.12. The van der Waals surface area contributed by atoms with Gasteiger partial charge >= 0.3 is 6.09 Å². The number of halogens is 2. The average molecular weight is 544 g/mol. The van der Waals surface area contributed by atoms with Crippen molar-refractivity contribution in [1.82, 2.24) is 9.29 Å². The molecule has 1 amide bonds. The highest BCUT2D eigenvalue weighted by molar-refractivity contribution is 7.90. The van der Waals surface area contributed by atoms with Crippen molar-refractivity contribution in [3.8, 4) is 17.2 Å². The molecular formula is C28H31F2N3O4S. The van der Waals surface area contributed by atoms with Gasteiger partial charge < -0.3 is 4.74 Å². The molecular weight excluding hydrogens is 512 g/mol. The normalized spacial score (nSPS) is 28.1. The van der Waals surface area contributed by atoms with Gasteiger partial charge in [0.25, 0.3) is 5.92 Å². The van der Waals surface area contributed by atoms with Crippen LogP contribution < -0.4 is 0 Å². The monoisotopic (exact) mass is 543 g/mol. The highest BCUT2D eigenvalue weighted by Crippen LogP contribution is 2.53. The van der Waals surface area contributed by atoms with Crippen molar-refractivity contribution < 1.29 is 26.7 Å². The minimum Gasteiger partial charge on any atom is -0.443 e. The summed E-state index contributed by atoms with van der Waals surface area (Å²) in [6, 6.07) is 11.9. The van der Waals surface area contributed by atoms with E-state index in [4.69, 9.17) is 4.74 Å². The zero-order valence-electron chi connectivity index (χ0n) is 21.9. The molecule has 0 spiro atoms. The number of carbonyl (C=O) groups is 1. The van der Waals surface area contributed by atoms with Crippen molar-refractivity contribution in [2.75, 3.05) is 0 Å². The maximum absolute atomic E-state index is 15.1. The molecule has 2 fully saturated rings. The number of allylic oxidation sites excluding steroid dienone is 1. The number of hydrogen-bond donors (Lipinski definition) is 0. The van der Waals surface area contributed by atoms with Crippen LogP contribution in [0.5, 0.6) is 0 Å². The highest BCUT2D eigenvalue weighted by Gasteiger charge is 2.64. The summed E-state index contributed by atoms with van der Waals surface area (Å²) in [6.07, 6.45) is 2.90. The van der Waals surface area contributed by atoms with E-state index in [1.807, 2.05) is 12.1 Å². The fourth-order valence-electron chi connectivity index (χ4n) is 5.50. The van der Waals surface area contributed by atoms with E-state index in [0.717, 1.165) is 11.1 Å². The van der Waals surface area contributed by atoms with Crippen LogP contribution in [0.25, 0.3) is 17.2 Å². The topological polar surface area (TPSA) is 100 Å². The van der Waals surface area contributed by atoms with Gasteiger partial charge in [-0.05, 0) is 51.8 Å². The minimum absolute atomic E-state index is 0.498. The van der Waals surface area contributed by atoms with E-state index in [-0.39, 0.29) is 0 Å². The lowest BCUT2D eigenvalue weighted by Crippen LogP contribution is -2.49. The maximum atomic E-state index is 15.1. The van der Waals surface area contributed by atoms with E-state index in [0.29, 0.717) is 15.6 Å². The first-order chi connectivity index (χ1) is 17.7. The first-order valence-corrected chi connectivity index (χ1v) is 14.0. The molecule has 10 heteroatoms. The summed E-state index contributed by atoms with van der Waals surface area (Å²) in [6.45, 7) is 7.83. The number of nitriles is 1. The summed E-state index contributed by atoms with van der Waals surface area (Å²) in [5.74, 6) is -5.97. The number of sulfonamides is 1. The molecule has 5 unspecified atom stereocenters. The lowest BCUT2D eigenvalue weighted by Gasteiger charge is -2.41. The Hall–Kier alpha value is -3.32. The van der Waals surface area contributed by atoms with Gasteiger partial charge in [0.1, 0.15) is 5.60 Å². The van der Waals surface area contributed by atoms with Gasteiger partial charge in [0, 0.05) is 35.6 Å². The SMILES string of the molecule is CC1C2C(/C=C/c3ccc(-c4ccccc4C#N)cn3)C(C)C(F)(F)CC2S(=O)(=O)N1C(=O)OC(C)(C)C. The number of fused-ring (bicyclic) bond motifs is 1. The lowest BCUT2D eigenvalue weighted by molar-refractivity contribution is -0.108. The van der Waals surface area contributed by atoms with Crippen LogP contribution in [0.1, 0.15) is 52.3 Å².